The molecule has 0 bridgehead atoms. The molecule has 0 amide bonds. The molecule has 0 aliphatic heterocycles. The molecule has 0 fully saturated rings. The zero-order valence-electron chi connectivity index (χ0n) is 27.6. The van der Waals surface area contributed by atoms with E-state index in [0.717, 1.165) is 22.2 Å². The topological polar surface area (TPSA) is 38.9 Å². The molecule has 0 aliphatic carbocycles. The van der Waals surface area contributed by atoms with E-state index in [0.29, 0.717) is 10.9 Å². The number of halogens is 1. The van der Waals surface area contributed by atoms with Crippen LogP contribution in [0.3, 0.4) is 0 Å². The van der Waals surface area contributed by atoms with Crippen LogP contribution in [0.4, 0.5) is 0 Å². The summed E-state index contributed by atoms with van der Waals surface area (Å²) >= 11 is 7.80. The largest absolute Gasteiger partial charge is 0.436 e. The standard InChI is InChI=1S/C29H24S.C11H7ClN2O.C2H6/c1-5-11-22(18(3)6-2)27-19(4)29-28(24-15-10-9-14-23(24)27)25-16-20-12-7-8-13-21(20)17-26(25)30-29;1-6-10(12)14-11-9(13-6)7-4-2-3-5-8(7)15-11;1-2/h5-17H,1H2,2-4H3;2-5H,1H3;1-2H3/b18-6-,22-11+;;. The molecule has 0 N–H and O–H groups in total. The number of hydrogen-bond donors (Lipinski definition) is 0. The molecule has 0 saturated carbocycles. The van der Waals surface area contributed by atoms with E-state index in [9.17, 15) is 0 Å². The zero-order chi connectivity index (χ0) is 33.2. The number of fused-ring (bicyclic) bond motifs is 9. The average molecular weight is 653 g/mol. The smallest absolute Gasteiger partial charge is 0.247 e. The fraction of sp³-hybridized carbons (Fsp3) is 0.143. The molecule has 0 radical (unpaired) electrons. The highest BCUT2D eigenvalue weighted by molar-refractivity contribution is 7.26. The average Bonchev–Trinajstić information content (AvgIpc) is 3.66. The minimum Gasteiger partial charge on any atom is -0.436 e. The number of hydrogen-bond acceptors (Lipinski definition) is 4. The van der Waals surface area contributed by atoms with Crippen LogP contribution in [0.2, 0.25) is 5.15 Å². The number of furan rings is 1. The summed E-state index contributed by atoms with van der Waals surface area (Å²) in [5.74, 6) is 0. The van der Waals surface area contributed by atoms with Gasteiger partial charge in [0.15, 0.2) is 5.15 Å². The Morgan fingerprint density at radius 2 is 1.47 bits per heavy atom. The molecule has 234 valence electrons. The molecule has 0 spiro atoms. The summed E-state index contributed by atoms with van der Waals surface area (Å²) in [5.41, 5.74) is 7.97. The number of nitrogens with zero attached hydrogens (tertiary/aromatic N) is 2. The molecule has 3 nitrogen and oxygen atoms in total. The highest BCUT2D eigenvalue weighted by Gasteiger charge is 2.19. The van der Waals surface area contributed by atoms with E-state index in [-0.39, 0.29) is 0 Å². The molecule has 0 atom stereocenters. The lowest BCUT2D eigenvalue weighted by Gasteiger charge is -2.16. The molecule has 3 aromatic heterocycles. The van der Waals surface area contributed by atoms with Crippen LogP contribution >= 0.6 is 22.9 Å². The van der Waals surface area contributed by atoms with Crippen molar-refractivity contribution in [2.45, 2.75) is 41.5 Å². The summed E-state index contributed by atoms with van der Waals surface area (Å²) in [6.45, 7) is 16.4. The molecule has 0 unspecified atom stereocenters. The quantitative estimate of drug-likeness (QED) is 0.178. The Kier molecular flexibility index (Phi) is 9.26. The van der Waals surface area contributed by atoms with E-state index in [1.165, 1.54) is 64.0 Å². The predicted octanol–water partition coefficient (Wildman–Crippen LogP) is 13.6. The van der Waals surface area contributed by atoms with E-state index in [1.807, 2.05) is 62.4 Å². The highest BCUT2D eigenvalue weighted by Crippen LogP contribution is 2.46. The van der Waals surface area contributed by atoms with E-state index in [1.54, 1.807) is 0 Å². The summed E-state index contributed by atoms with van der Waals surface area (Å²) in [7, 11) is 0. The van der Waals surface area contributed by atoms with Crippen LogP contribution in [-0.2, 0) is 0 Å². The maximum atomic E-state index is 5.88. The Morgan fingerprint density at radius 1 is 0.830 bits per heavy atom. The van der Waals surface area contributed by atoms with Crippen LogP contribution in [-0.4, -0.2) is 9.97 Å². The normalized spacial score (nSPS) is 12.1. The van der Waals surface area contributed by atoms with Gasteiger partial charge in [0.2, 0.25) is 5.71 Å². The number of benzene rings is 5. The number of allylic oxidation sites excluding steroid dienone is 5. The second-order valence-electron chi connectivity index (χ2n) is 11.2. The van der Waals surface area contributed by atoms with Crippen molar-refractivity contribution in [1.82, 2.24) is 9.97 Å². The summed E-state index contributed by atoms with van der Waals surface area (Å²) in [6.07, 6.45) is 6.24. The van der Waals surface area contributed by atoms with Gasteiger partial charge in [-0.15, -0.1) is 11.3 Å². The van der Waals surface area contributed by atoms with Crippen LogP contribution in [0.25, 0.3) is 69.5 Å². The zero-order valence-corrected chi connectivity index (χ0v) is 29.2. The Morgan fingerprint density at radius 3 is 2.17 bits per heavy atom. The van der Waals surface area contributed by atoms with Gasteiger partial charge in [-0.05, 0) is 95.8 Å². The first-order valence-corrected chi connectivity index (χ1v) is 17.1. The van der Waals surface area contributed by atoms with Crippen molar-refractivity contribution >= 4 is 92.4 Å². The SMILES string of the molecule is C=C/C=C(\C(C)=C/C)c1c(C)c2sc3cc4ccccc4cc3c2c2ccccc12.CC.Cc1nc2c(nc1Cl)oc1ccccc12. The lowest BCUT2D eigenvalue weighted by atomic mass is 9.87. The van der Waals surface area contributed by atoms with Crippen molar-refractivity contribution in [1.29, 1.82) is 0 Å². The van der Waals surface area contributed by atoms with E-state index >= 15 is 0 Å². The van der Waals surface area contributed by atoms with Crippen LogP contribution < -0.4 is 0 Å². The summed E-state index contributed by atoms with van der Waals surface area (Å²) in [6, 6.07) is 29.9. The van der Waals surface area contributed by atoms with Gasteiger partial charge < -0.3 is 4.42 Å². The van der Waals surface area contributed by atoms with Crippen molar-refractivity contribution in [3.05, 3.63) is 137 Å². The summed E-state index contributed by atoms with van der Waals surface area (Å²) < 4.78 is 8.27. The van der Waals surface area contributed by atoms with Crippen LogP contribution in [0.5, 0.6) is 0 Å². The van der Waals surface area contributed by atoms with Gasteiger partial charge in [-0.3, -0.25) is 0 Å². The second kappa shape index (κ2) is 13.5. The van der Waals surface area contributed by atoms with Crippen molar-refractivity contribution in [2.24, 2.45) is 0 Å². The van der Waals surface area contributed by atoms with E-state index in [4.69, 9.17) is 16.0 Å². The minimum atomic E-state index is 0.390. The maximum Gasteiger partial charge on any atom is 0.247 e. The predicted molar refractivity (Wildman–Crippen MR) is 207 cm³/mol. The number of thiophene rings is 1. The molecule has 5 aromatic carbocycles. The molecule has 8 rings (SSSR count). The number of rotatable bonds is 3. The molecule has 47 heavy (non-hydrogen) atoms. The van der Waals surface area contributed by atoms with Gasteiger partial charge in [0.1, 0.15) is 11.1 Å². The van der Waals surface area contributed by atoms with Crippen LogP contribution in [0.15, 0.2) is 120 Å². The van der Waals surface area contributed by atoms with Crippen molar-refractivity contribution in [3.8, 4) is 0 Å². The second-order valence-corrected chi connectivity index (χ2v) is 12.6. The molecule has 0 aliphatic rings. The van der Waals surface area contributed by atoms with Gasteiger partial charge in [-0.1, -0.05) is 111 Å². The maximum absolute atomic E-state index is 5.88. The Bertz CT molecular complexity index is 2510. The number of aryl methyl sites for hydroxylation is 2. The molecular formula is C42H37ClN2OS. The Balaban J connectivity index is 0.000000190. The van der Waals surface area contributed by atoms with Crippen molar-refractivity contribution in [2.75, 3.05) is 0 Å². The molecule has 8 aromatic rings. The number of aromatic nitrogens is 2. The van der Waals surface area contributed by atoms with Crippen molar-refractivity contribution in [3.63, 3.8) is 0 Å². The summed E-state index contributed by atoms with van der Waals surface area (Å²) in [4.78, 5) is 8.52. The number of para-hydroxylation sites is 1. The van der Waals surface area contributed by atoms with Crippen LogP contribution in [0.1, 0.15) is 44.5 Å². The fourth-order valence-electron chi connectivity index (χ4n) is 6.17. The lowest BCUT2D eigenvalue weighted by Crippen LogP contribution is -1.94. The Labute approximate surface area is 284 Å². The fourth-order valence-corrected chi connectivity index (χ4v) is 7.54. The first kappa shape index (κ1) is 32.2. The molecule has 3 heterocycles. The third-order valence-electron chi connectivity index (χ3n) is 8.48. The monoisotopic (exact) mass is 652 g/mol. The Hall–Kier alpha value is -4.77. The van der Waals surface area contributed by atoms with E-state index < -0.39 is 0 Å². The highest BCUT2D eigenvalue weighted by atomic mass is 35.5. The van der Waals surface area contributed by atoms with Gasteiger partial charge in [0.05, 0.1) is 5.69 Å². The summed E-state index contributed by atoms with van der Waals surface area (Å²) in [5, 5.41) is 9.34. The van der Waals surface area contributed by atoms with Gasteiger partial charge in [-0.2, -0.15) is 4.98 Å². The first-order valence-electron chi connectivity index (χ1n) is 15.9. The minimum absolute atomic E-state index is 0.390. The van der Waals surface area contributed by atoms with Crippen molar-refractivity contribution < 1.29 is 4.42 Å². The van der Waals surface area contributed by atoms with Gasteiger partial charge >= 0.3 is 0 Å². The molecule has 0 saturated heterocycles. The lowest BCUT2D eigenvalue weighted by molar-refractivity contribution is 0.652. The van der Waals surface area contributed by atoms with Gasteiger partial charge in [0.25, 0.3) is 0 Å². The molecule has 5 heteroatoms. The van der Waals surface area contributed by atoms with Crippen LogP contribution in [0, 0.1) is 13.8 Å². The molecular weight excluding hydrogens is 616 g/mol. The third-order valence-corrected chi connectivity index (χ3v) is 10.1. The van der Waals surface area contributed by atoms with Gasteiger partial charge in [-0.25, -0.2) is 4.98 Å². The van der Waals surface area contributed by atoms with E-state index in [2.05, 4.69) is 110 Å². The van der Waals surface area contributed by atoms with Gasteiger partial charge in [0, 0.05) is 25.6 Å². The first-order chi connectivity index (χ1) is 22.9. The third kappa shape index (κ3) is 5.73.